The standard InChI is InChI=1S/C12H20Cl3F3/c1-2-3-4-5-6-7-8-10(13)9-11(14,16)12(15,17)18/h10H,2-9H2,1H3. The highest BCUT2D eigenvalue weighted by atomic mass is 35.5. The Hall–Kier alpha value is 0.660. The van der Waals surface area contributed by atoms with Gasteiger partial charge < -0.3 is 0 Å². The van der Waals surface area contributed by atoms with Gasteiger partial charge in [-0.1, -0.05) is 57.0 Å². The van der Waals surface area contributed by atoms with Crippen molar-refractivity contribution in [3.8, 4) is 0 Å². The molecule has 0 bridgehead atoms. The van der Waals surface area contributed by atoms with Gasteiger partial charge in [0.25, 0.3) is 5.13 Å². The summed E-state index contributed by atoms with van der Waals surface area (Å²) in [5.74, 6) is 0. The quantitative estimate of drug-likeness (QED) is 0.318. The highest BCUT2D eigenvalue weighted by molar-refractivity contribution is 6.33. The van der Waals surface area contributed by atoms with Crippen molar-refractivity contribution < 1.29 is 13.2 Å². The molecule has 0 aliphatic rings. The fraction of sp³-hybridized carbons (Fsp3) is 1.00. The lowest BCUT2D eigenvalue weighted by Gasteiger charge is -2.24. The maximum atomic E-state index is 13.3. The minimum absolute atomic E-state index is 0.471. The van der Waals surface area contributed by atoms with E-state index >= 15 is 0 Å². The summed E-state index contributed by atoms with van der Waals surface area (Å²) in [6.45, 7) is 2.13. The molecule has 0 aliphatic carbocycles. The van der Waals surface area contributed by atoms with E-state index in [2.05, 4.69) is 18.5 Å². The average molecular weight is 328 g/mol. The van der Waals surface area contributed by atoms with Crippen LogP contribution in [0, 0.1) is 0 Å². The van der Waals surface area contributed by atoms with Crippen LogP contribution in [0.15, 0.2) is 0 Å². The molecule has 110 valence electrons. The average Bonchev–Trinajstić information content (AvgIpc) is 2.20. The lowest BCUT2D eigenvalue weighted by Crippen LogP contribution is -2.36. The van der Waals surface area contributed by atoms with E-state index in [0.29, 0.717) is 6.42 Å². The Balaban J connectivity index is 3.74. The summed E-state index contributed by atoms with van der Waals surface area (Å²) in [7, 11) is 0. The van der Waals surface area contributed by atoms with Crippen molar-refractivity contribution >= 4 is 34.8 Å². The summed E-state index contributed by atoms with van der Waals surface area (Å²) in [6.07, 6.45) is 6.19. The monoisotopic (exact) mass is 326 g/mol. The lowest BCUT2D eigenvalue weighted by atomic mass is 10.1. The van der Waals surface area contributed by atoms with E-state index in [1.54, 1.807) is 0 Å². The number of hydrogen-bond donors (Lipinski definition) is 0. The van der Waals surface area contributed by atoms with Gasteiger partial charge in [-0.2, -0.15) is 8.78 Å². The van der Waals surface area contributed by atoms with Gasteiger partial charge in [0.05, 0.1) is 0 Å². The topological polar surface area (TPSA) is 0 Å². The molecule has 2 atom stereocenters. The molecule has 0 saturated carbocycles. The van der Waals surface area contributed by atoms with E-state index in [-0.39, 0.29) is 0 Å². The largest absolute Gasteiger partial charge is 0.369 e. The van der Waals surface area contributed by atoms with Crippen LogP contribution in [-0.2, 0) is 0 Å². The zero-order chi connectivity index (χ0) is 14.2. The smallest absolute Gasteiger partial charge is 0.218 e. The normalized spacial score (nSPS) is 17.5. The van der Waals surface area contributed by atoms with Gasteiger partial charge in [-0.3, -0.25) is 0 Å². The van der Waals surface area contributed by atoms with Crippen molar-refractivity contribution in [2.45, 2.75) is 74.2 Å². The van der Waals surface area contributed by atoms with Crippen molar-refractivity contribution in [2.24, 2.45) is 0 Å². The van der Waals surface area contributed by atoms with Crippen LogP contribution in [-0.4, -0.2) is 15.9 Å². The molecule has 6 heteroatoms. The Labute approximate surface area is 122 Å². The number of unbranched alkanes of at least 4 members (excludes halogenated alkanes) is 5. The summed E-state index contributed by atoms with van der Waals surface area (Å²) in [5.41, 5.74) is 0. The predicted molar refractivity (Wildman–Crippen MR) is 72.7 cm³/mol. The number of hydrogen-bond acceptors (Lipinski definition) is 0. The van der Waals surface area contributed by atoms with E-state index in [9.17, 15) is 13.2 Å². The van der Waals surface area contributed by atoms with Crippen molar-refractivity contribution in [3.05, 3.63) is 0 Å². The van der Waals surface area contributed by atoms with E-state index in [0.717, 1.165) is 25.7 Å². The fourth-order valence-electron chi connectivity index (χ4n) is 1.64. The second kappa shape index (κ2) is 8.76. The third-order valence-corrected chi connectivity index (χ3v) is 3.92. The van der Waals surface area contributed by atoms with Gasteiger partial charge >= 0.3 is 5.38 Å². The molecule has 0 rings (SSSR count). The molecule has 0 heterocycles. The van der Waals surface area contributed by atoms with Crippen LogP contribution in [0.25, 0.3) is 0 Å². The maximum Gasteiger partial charge on any atom is 0.369 e. The maximum absolute atomic E-state index is 13.3. The van der Waals surface area contributed by atoms with Crippen molar-refractivity contribution in [1.29, 1.82) is 0 Å². The minimum atomic E-state index is -4.09. The molecule has 0 saturated heterocycles. The van der Waals surface area contributed by atoms with Crippen LogP contribution in [0.4, 0.5) is 13.2 Å². The highest BCUT2D eigenvalue weighted by Crippen LogP contribution is 2.44. The van der Waals surface area contributed by atoms with Crippen LogP contribution < -0.4 is 0 Å². The molecule has 0 nitrogen and oxygen atoms in total. The Morgan fingerprint density at radius 3 is 1.94 bits per heavy atom. The fourth-order valence-corrected chi connectivity index (χ4v) is 2.35. The third kappa shape index (κ3) is 7.96. The molecule has 0 fully saturated rings. The molecule has 0 N–H and O–H groups in total. The first kappa shape index (κ1) is 18.7. The predicted octanol–water partition coefficient (Wildman–Crippen LogP) is 6.47. The van der Waals surface area contributed by atoms with Crippen LogP contribution in [0.5, 0.6) is 0 Å². The first-order valence-electron chi connectivity index (χ1n) is 6.29. The first-order valence-corrected chi connectivity index (χ1v) is 7.48. The Morgan fingerprint density at radius 2 is 1.44 bits per heavy atom. The van der Waals surface area contributed by atoms with Crippen LogP contribution in [0.3, 0.4) is 0 Å². The molecule has 0 aromatic rings. The van der Waals surface area contributed by atoms with E-state index in [1.165, 1.54) is 12.8 Å². The zero-order valence-electron chi connectivity index (χ0n) is 10.5. The molecular weight excluding hydrogens is 307 g/mol. The lowest BCUT2D eigenvalue weighted by molar-refractivity contribution is -0.0245. The molecule has 0 spiro atoms. The van der Waals surface area contributed by atoms with E-state index in [1.807, 2.05) is 0 Å². The van der Waals surface area contributed by atoms with E-state index in [4.69, 9.17) is 23.2 Å². The number of rotatable bonds is 10. The number of halogens is 6. The first-order chi connectivity index (χ1) is 8.20. The van der Waals surface area contributed by atoms with Crippen molar-refractivity contribution in [3.63, 3.8) is 0 Å². The van der Waals surface area contributed by atoms with Gasteiger partial charge in [0.15, 0.2) is 0 Å². The molecule has 0 aromatic heterocycles. The molecule has 0 amide bonds. The van der Waals surface area contributed by atoms with Gasteiger partial charge in [0.1, 0.15) is 0 Å². The van der Waals surface area contributed by atoms with Gasteiger partial charge in [-0.05, 0) is 18.0 Å². The van der Waals surface area contributed by atoms with Crippen molar-refractivity contribution in [1.82, 2.24) is 0 Å². The SMILES string of the molecule is CCCCCCCCC(Cl)CC(F)(Cl)C(F)(F)Cl. The summed E-state index contributed by atoms with van der Waals surface area (Å²) >= 11 is 15.4. The van der Waals surface area contributed by atoms with Crippen molar-refractivity contribution in [2.75, 3.05) is 0 Å². The molecular formula is C12H20Cl3F3. The summed E-state index contributed by atoms with van der Waals surface area (Å²) in [4.78, 5) is 0. The zero-order valence-corrected chi connectivity index (χ0v) is 12.8. The second-order valence-corrected chi connectivity index (χ2v) is 6.25. The van der Waals surface area contributed by atoms with Crippen LogP contribution in [0.2, 0.25) is 0 Å². The summed E-state index contributed by atoms with van der Waals surface area (Å²) in [5, 5.41) is -8.09. The Morgan fingerprint density at radius 1 is 0.944 bits per heavy atom. The molecule has 0 radical (unpaired) electrons. The van der Waals surface area contributed by atoms with Gasteiger partial charge in [0.2, 0.25) is 0 Å². The summed E-state index contributed by atoms with van der Waals surface area (Å²) < 4.78 is 38.5. The molecule has 18 heavy (non-hydrogen) atoms. The Bertz CT molecular complexity index is 217. The second-order valence-electron chi connectivity index (χ2n) is 4.56. The molecule has 0 aliphatic heterocycles. The van der Waals surface area contributed by atoms with Gasteiger partial charge in [-0.25, -0.2) is 4.39 Å². The van der Waals surface area contributed by atoms with Crippen LogP contribution >= 0.6 is 34.8 Å². The Kier molecular flexibility index (Phi) is 9.08. The van der Waals surface area contributed by atoms with Crippen LogP contribution in [0.1, 0.15) is 58.3 Å². The van der Waals surface area contributed by atoms with Gasteiger partial charge in [-0.15, -0.1) is 11.6 Å². The highest BCUT2D eigenvalue weighted by Gasteiger charge is 2.53. The number of alkyl halides is 6. The molecule has 2 unspecified atom stereocenters. The van der Waals surface area contributed by atoms with E-state index < -0.39 is 22.3 Å². The van der Waals surface area contributed by atoms with Gasteiger partial charge in [0, 0.05) is 11.8 Å². The minimum Gasteiger partial charge on any atom is -0.218 e. The summed E-state index contributed by atoms with van der Waals surface area (Å²) in [6, 6.07) is 0. The third-order valence-electron chi connectivity index (χ3n) is 2.76. The molecule has 0 aromatic carbocycles.